The highest BCUT2D eigenvalue weighted by Crippen LogP contribution is 2.51. The van der Waals surface area contributed by atoms with Crippen LogP contribution in [0.4, 0.5) is 0 Å². The van der Waals surface area contributed by atoms with Gasteiger partial charge in [-0.15, -0.1) is 0 Å². The molecule has 0 saturated heterocycles. The summed E-state index contributed by atoms with van der Waals surface area (Å²) in [6, 6.07) is 0. The van der Waals surface area contributed by atoms with Crippen molar-refractivity contribution in [2.24, 2.45) is 47.3 Å². The van der Waals surface area contributed by atoms with Gasteiger partial charge in [-0.2, -0.15) is 0 Å². The van der Waals surface area contributed by atoms with Crippen LogP contribution in [0.15, 0.2) is 85.1 Å². The Labute approximate surface area is 216 Å². The van der Waals surface area contributed by atoms with Crippen molar-refractivity contribution in [1.82, 2.24) is 0 Å². The van der Waals surface area contributed by atoms with Crippen LogP contribution in [0, 0.1) is 47.3 Å². The molecule has 4 aliphatic rings. The van der Waals surface area contributed by atoms with Crippen molar-refractivity contribution in [3.8, 4) is 0 Å². The van der Waals surface area contributed by atoms with Crippen LogP contribution in [-0.2, 0) is 19.1 Å². The third kappa shape index (κ3) is 6.08. The lowest BCUT2D eigenvalue weighted by Gasteiger charge is -2.17. The molecule has 4 nitrogen and oxygen atoms in total. The SMILES string of the molecule is C=C(C)C(=O)OC/C=C/C1CC(/C=C/C2CC(/C=C/COC(=O)C(=C)C)C3CC=CC23)C2CC=CC12. The van der Waals surface area contributed by atoms with Gasteiger partial charge in [0.2, 0.25) is 0 Å². The Morgan fingerprint density at radius 3 is 1.64 bits per heavy atom. The maximum Gasteiger partial charge on any atom is 0.333 e. The Morgan fingerprint density at radius 1 is 0.722 bits per heavy atom. The van der Waals surface area contributed by atoms with Crippen LogP contribution in [0.3, 0.4) is 0 Å². The first kappa shape index (κ1) is 26.2. The highest BCUT2D eigenvalue weighted by molar-refractivity contribution is 5.87. The maximum atomic E-state index is 11.6. The van der Waals surface area contributed by atoms with Crippen LogP contribution >= 0.6 is 0 Å². The van der Waals surface area contributed by atoms with E-state index in [1.807, 2.05) is 12.2 Å². The van der Waals surface area contributed by atoms with Gasteiger partial charge in [0.25, 0.3) is 0 Å². The maximum absolute atomic E-state index is 11.6. The first-order chi connectivity index (χ1) is 17.3. The molecular formula is C32H40O4. The van der Waals surface area contributed by atoms with Crippen LogP contribution in [0.25, 0.3) is 0 Å². The van der Waals surface area contributed by atoms with Crippen LogP contribution in [0.5, 0.6) is 0 Å². The first-order valence-corrected chi connectivity index (χ1v) is 13.4. The summed E-state index contributed by atoms with van der Waals surface area (Å²) in [6.07, 6.45) is 27.6. The van der Waals surface area contributed by atoms with Crippen molar-refractivity contribution >= 4 is 11.9 Å². The zero-order valence-corrected chi connectivity index (χ0v) is 21.7. The highest BCUT2D eigenvalue weighted by atomic mass is 16.5. The average molecular weight is 489 g/mol. The fourth-order valence-electron chi connectivity index (χ4n) is 6.62. The minimum atomic E-state index is -0.331. The van der Waals surface area contributed by atoms with Crippen molar-refractivity contribution in [3.63, 3.8) is 0 Å². The average Bonchev–Trinajstić information content (AvgIpc) is 3.62. The smallest absolute Gasteiger partial charge is 0.333 e. The first-order valence-electron chi connectivity index (χ1n) is 13.4. The van der Waals surface area contributed by atoms with Gasteiger partial charge >= 0.3 is 11.9 Å². The molecule has 0 aromatic rings. The second kappa shape index (κ2) is 11.9. The van der Waals surface area contributed by atoms with E-state index in [0.29, 0.717) is 71.7 Å². The van der Waals surface area contributed by atoms with Crippen molar-refractivity contribution in [2.45, 2.75) is 39.5 Å². The van der Waals surface area contributed by atoms with E-state index in [1.165, 1.54) is 0 Å². The molecule has 8 unspecified atom stereocenters. The Balaban J connectivity index is 1.32. The van der Waals surface area contributed by atoms with Gasteiger partial charge in [-0.3, -0.25) is 0 Å². The van der Waals surface area contributed by atoms with Gasteiger partial charge in [0, 0.05) is 11.1 Å². The zero-order chi connectivity index (χ0) is 25.7. The van der Waals surface area contributed by atoms with Gasteiger partial charge in [0.15, 0.2) is 0 Å². The van der Waals surface area contributed by atoms with E-state index in [0.717, 1.165) is 25.7 Å². The lowest BCUT2D eigenvalue weighted by Crippen LogP contribution is -2.11. The zero-order valence-electron chi connectivity index (χ0n) is 21.7. The standard InChI is InChI=1S/C32H40O4/c1-21(2)31(33)35-17-7-9-23-19-25(29-13-5-11-27(23)29)15-16-26-20-24(28-12-6-14-30(26)28)10-8-18-36-32(34)22(3)4/h5-11,14-16,23-30H,1,3,12-13,17-20H2,2,4H3/b9-7+,10-8+,16-15+. The normalized spacial score (nSPS) is 34.6. The molecule has 0 amide bonds. The van der Waals surface area contributed by atoms with E-state index in [4.69, 9.17) is 9.47 Å². The largest absolute Gasteiger partial charge is 0.458 e. The van der Waals surface area contributed by atoms with Crippen molar-refractivity contribution < 1.29 is 19.1 Å². The number of hydrogen-bond donors (Lipinski definition) is 0. The van der Waals surface area contributed by atoms with Crippen LogP contribution in [0.2, 0.25) is 0 Å². The van der Waals surface area contributed by atoms with E-state index in [2.05, 4.69) is 61.8 Å². The molecule has 2 saturated carbocycles. The summed E-state index contributed by atoms with van der Waals surface area (Å²) in [6.45, 7) is 11.2. The molecule has 4 rings (SSSR count). The molecule has 0 aromatic heterocycles. The number of ether oxygens (including phenoxy) is 2. The molecule has 0 spiro atoms. The predicted molar refractivity (Wildman–Crippen MR) is 144 cm³/mol. The quantitative estimate of drug-likeness (QED) is 0.199. The van der Waals surface area contributed by atoms with E-state index in [-0.39, 0.29) is 11.9 Å². The summed E-state index contributed by atoms with van der Waals surface area (Å²) in [5, 5.41) is 0. The summed E-state index contributed by atoms with van der Waals surface area (Å²) in [4.78, 5) is 23.2. The number of rotatable bonds is 10. The number of fused-ring (bicyclic) bond motifs is 2. The summed E-state index contributed by atoms with van der Waals surface area (Å²) in [5.41, 5.74) is 0.869. The van der Waals surface area contributed by atoms with Crippen molar-refractivity contribution in [1.29, 1.82) is 0 Å². The Kier molecular flexibility index (Phi) is 8.66. The summed E-state index contributed by atoms with van der Waals surface area (Å²) in [7, 11) is 0. The fraction of sp³-hybridized carbons (Fsp3) is 0.500. The molecule has 36 heavy (non-hydrogen) atoms. The predicted octanol–water partition coefficient (Wildman–Crippen LogP) is 6.55. The van der Waals surface area contributed by atoms with Crippen molar-refractivity contribution in [2.75, 3.05) is 13.2 Å². The Hall–Kier alpha value is -2.88. The number of esters is 2. The van der Waals surface area contributed by atoms with Crippen LogP contribution in [0.1, 0.15) is 39.5 Å². The van der Waals surface area contributed by atoms with Gasteiger partial charge in [0.05, 0.1) is 0 Å². The molecule has 4 aliphatic carbocycles. The van der Waals surface area contributed by atoms with Crippen LogP contribution in [-0.4, -0.2) is 25.2 Å². The molecule has 0 heterocycles. The van der Waals surface area contributed by atoms with Gasteiger partial charge in [0.1, 0.15) is 13.2 Å². The number of carbonyl (C=O) groups is 2. The van der Waals surface area contributed by atoms with Crippen molar-refractivity contribution in [3.05, 3.63) is 85.1 Å². The second-order valence-electron chi connectivity index (χ2n) is 10.9. The summed E-state index contributed by atoms with van der Waals surface area (Å²) in [5.74, 6) is 3.99. The molecule has 0 aromatic carbocycles. The lowest BCUT2D eigenvalue weighted by molar-refractivity contribution is -0.138. The van der Waals surface area contributed by atoms with Gasteiger partial charge < -0.3 is 9.47 Å². The van der Waals surface area contributed by atoms with E-state index in [9.17, 15) is 9.59 Å². The topological polar surface area (TPSA) is 52.6 Å². The van der Waals surface area contributed by atoms with Gasteiger partial charge in [-0.25, -0.2) is 9.59 Å². The molecule has 8 atom stereocenters. The number of hydrogen-bond acceptors (Lipinski definition) is 4. The van der Waals surface area contributed by atoms with E-state index < -0.39 is 0 Å². The van der Waals surface area contributed by atoms with Gasteiger partial charge in [-0.1, -0.05) is 73.9 Å². The number of carbonyl (C=O) groups excluding carboxylic acids is 2. The lowest BCUT2D eigenvalue weighted by atomic mass is 9.87. The minimum absolute atomic E-state index is 0.308. The van der Waals surface area contributed by atoms with Gasteiger partial charge in [-0.05, 0) is 86.9 Å². The van der Waals surface area contributed by atoms with E-state index in [1.54, 1.807) is 13.8 Å². The Morgan fingerprint density at radius 2 is 1.14 bits per heavy atom. The minimum Gasteiger partial charge on any atom is -0.458 e. The monoisotopic (exact) mass is 488 g/mol. The molecular weight excluding hydrogens is 448 g/mol. The summed E-state index contributed by atoms with van der Waals surface area (Å²) < 4.78 is 10.5. The van der Waals surface area contributed by atoms with Crippen LogP contribution < -0.4 is 0 Å². The second-order valence-corrected chi connectivity index (χ2v) is 10.9. The molecule has 192 valence electrons. The molecule has 0 aliphatic heterocycles. The summed E-state index contributed by atoms with van der Waals surface area (Å²) >= 11 is 0. The number of allylic oxidation sites excluding steroid dienone is 8. The third-order valence-electron chi connectivity index (χ3n) is 8.39. The molecule has 2 fully saturated rings. The van der Waals surface area contributed by atoms with E-state index >= 15 is 0 Å². The highest BCUT2D eigenvalue weighted by Gasteiger charge is 2.43. The molecule has 0 radical (unpaired) electrons. The third-order valence-corrected chi connectivity index (χ3v) is 8.39. The molecule has 4 heteroatoms. The Bertz CT molecular complexity index is 1010. The fourth-order valence-corrected chi connectivity index (χ4v) is 6.62. The molecule has 0 bridgehead atoms. The molecule has 0 N–H and O–H groups in total.